The number of hydrogen-bond acceptors (Lipinski definition) is 23. The topological polar surface area (TPSA) is 493 Å². The molecule has 35 heteroatoms. The predicted octanol–water partition coefficient (Wildman–Crippen LogP) is 5.51. The highest BCUT2D eigenvalue weighted by Crippen LogP contribution is 2.48. The molecule has 0 radical (unpaired) electrons. The number of fused-ring (bicyclic) bond motifs is 2. The van der Waals surface area contributed by atoms with Crippen LogP contribution in [-0.4, -0.2) is 107 Å². The van der Waals surface area contributed by atoms with Crippen LogP contribution in [0.5, 0.6) is 11.5 Å². The Hall–Kier alpha value is -7.03. The zero-order chi connectivity index (χ0) is 52.1. The van der Waals surface area contributed by atoms with Crippen molar-refractivity contribution in [3.63, 3.8) is 0 Å². The molecular formula is C35H27N7O22S6. The molecule has 0 bridgehead atoms. The number of hydrogen-bond donors (Lipinski definition) is 9. The van der Waals surface area contributed by atoms with Gasteiger partial charge in [0.2, 0.25) is 0 Å². The Labute approximate surface area is 392 Å². The number of phenols is 2. The Balaban J connectivity index is 1.54. The summed E-state index contributed by atoms with van der Waals surface area (Å²) in [5, 5.41) is 52.6. The predicted molar refractivity (Wildman–Crippen MR) is 237 cm³/mol. The second-order valence-electron chi connectivity index (χ2n) is 13.9. The van der Waals surface area contributed by atoms with Gasteiger partial charge in [-0.3, -0.25) is 22.8 Å². The molecule has 0 heterocycles. The number of sulfone groups is 1. The van der Waals surface area contributed by atoms with Gasteiger partial charge >= 0.3 is 16.4 Å². The molecule has 0 saturated heterocycles. The number of nitrogens with zero attached hydrogens (tertiary/aromatic N) is 6. The molecule has 10 N–H and O–H groups in total. The van der Waals surface area contributed by atoms with E-state index in [4.69, 9.17) is 10.3 Å². The van der Waals surface area contributed by atoms with E-state index >= 15 is 0 Å². The van der Waals surface area contributed by atoms with E-state index in [0.29, 0.717) is 36.4 Å². The molecule has 70 heavy (non-hydrogen) atoms. The third-order valence-electron chi connectivity index (χ3n) is 9.21. The molecule has 0 atom stereocenters. The highest BCUT2D eigenvalue weighted by Gasteiger charge is 2.28. The normalized spacial score (nSPS) is 13.3. The van der Waals surface area contributed by atoms with Gasteiger partial charge in [0.15, 0.2) is 21.3 Å². The summed E-state index contributed by atoms with van der Waals surface area (Å²) in [6.07, 6.45) is 0. The number of aromatic carboxylic acids is 1. The molecule has 370 valence electrons. The van der Waals surface area contributed by atoms with E-state index < -0.39 is 149 Å². The number of aromatic hydroxyl groups is 2. The van der Waals surface area contributed by atoms with Crippen molar-refractivity contribution >= 4 is 128 Å². The van der Waals surface area contributed by atoms with Gasteiger partial charge in [-0.2, -0.15) is 52.3 Å². The van der Waals surface area contributed by atoms with Gasteiger partial charge in [0, 0.05) is 11.1 Å². The number of carbonyl (C=O) groups is 1. The van der Waals surface area contributed by atoms with Crippen LogP contribution in [-0.2, 0) is 64.9 Å². The summed E-state index contributed by atoms with van der Waals surface area (Å²) in [5.74, 6) is -5.04. The van der Waals surface area contributed by atoms with Crippen molar-refractivity contribution < 1.29 is 97.6 Å². The molecule has 29 nitrogen and oxygen atoms in total. The Morgan fingerprint density at radius 2 is 1.07 bits per heavy atom. The van der Waals surface area contributed by atoms with Crippen molar-refractivity contribution in [3.05, 3.63) is 84.4 Å². The van der Waals surface area contributed by atoms with Crippen molar-refractivity contribution in [1.82, 2.24) is 0 Å². The van der Waals surface area contributed by atoms with E-state index in [2.05, 4.69) is 34.9 Å². The van der Waals surface area contributed by atoms with Crippen LogP contribution in [0.1, 0.15) is 10.4 Å². The standard InChI is InChI=1S/C35H27N7O22S6/c36-24-5-3-19(13-23(24)35(45)46)38-37-18-2-1-16-10-28(68(55,56)57)31(33(43)22(16)12-18)41-40-26-14-21(66(49,50)51)9-17-11-29(69(58,59)60)32(34(44)30(17)26)42-39-25-6-4-20(15-27(25)67(52,53)54)65(47,48)8-7-64-70(61,62)63/h1-6,9-15,43-44H,7-8,36H2,(H,45,46)(H,49,50,51)(H,52,53,54)(H,55,56,57)(H,58,59,60)(H,61,62,63). The van der Waals surface area contributed by atoms with E-state index in [0.717, 1.165) is 18.2 Å². The minimum Gasteiger partial charge on any atom is -0.505 e. The van der Waals surface area contributed by atoms with E-state index in [1.54, 1.807) is 0 Å². The fraction of sp³-hybridized carbons (Fsp3) is 0.0571. The number of carboxylic acid groups (broad SMARTS) is 1. The van der Waals surface area contributed by atoms with Crippen LogP contribution in [0.2, 0.25) is 0 Å². The second kappa shape index (κ2) is 18.7. The summed E-state index contributed by atoms with van der Waals surface area (Å²) >= 11 is 0. The van der Waals surface area contributed by atoms with Crippen LogP contribution in [0.3, 0.4) is 0 Å². The maximum Gasteiger partial charge on any atom is 0.397 e. The monoisotopic (exact) mass is 1090 g/mol. The van der Waals surface area contributed by atoms with Gasteiger partial charge in [-0.1, -0.05) is 6.07 Å². The average molecular weight is 1090 g/mol. The fourth-order valence-electron chi connectivity index (χ4n) is 6.10. The van der Waals surface area contributed by atoms with Crippen molar-refractivity contribution in [2.45, 2.75) is 24.5 Å². The third kappa shape index (κ3) is 11.7. The number of rotatable bonds is 16. The highest BCUT2D eigenvalue weighted by molar-refractivity contribution is 7.91. The molecule has 0 aliphatic heterocycles. The summed E-state index contributed by atoms with van der Waals surface area (Å²) in [6.45, 7) is -1.16. The molecule has 0 fully saturated rings. The van der Waals surface area contributed by atoms with Crippen LogP contribution < -0.4 is 5.73 Å². The minimum absolute atomic E-state index is 0.0135. The number of carboxylic acids is 1. The number of nitrogen functional groups attached to an aromatic ring is 1. The lowest BCUT2D eigenvalue weighted by Crippen LogP contribution is -2.16. The number of phenolic OH excluding ortho intramolecular Hbond substituents is 2. The van der Waals surface area contributed by atoms with Crippen molar-refractivity contribution in [3.8, 4) is 11.5 Å². The van der Waals surface area contributed by atoms with Crippen molar-refractivity contribution in [2.75, 3.05) is 18.1 Å². The molecule has 0 aromatic heterocycles. The van der Waals surface area contributed by atoms with Gasteiger partial charge in [-0.15, -0.1) is 20.5 Å². The largest absolute Gasteiger partial charge is 0.505 e. The van der Waals surface area contributed by atoms with Gasteiger partial charge in [0.25, 0.3) is 40.5 Å². The molecule has 6 aromatic rings. The number of benzene rings is 6. The van der Waals surface area contributed by atoms with Gasteiger partial charge < -0.3 is 21.1 Å². The van der Waals surface area contributed by atoms with Crippen LogP contribution in [0.25, 0.3) is 21.5 Å². The number of anilines is 1. The van der Waals surface area contributed by atoms with Crippen LogP contribution >= 0.6 is 0 Å². The molecule has 0 saturated carbocycles. The molecule has 0 amide bonds. The van der Waals surface area contributed by atoms with Gasteiger partial charge in [0.05, 0.1) is 50.2 Å². The third-order valence-corrected chi connectivity index (χ3v) is 14.8. The first-order chi connectivity index (χ1) is 32.2. The molecular weight excluding hydrogens is 1060 g/mol. The first kappa shape index (κ1) is 52.3. The molecule has 6 aromatic carbocycles. The Morgan fingerprint density at radius 3 is 1.63 bits per heavy atom. The van der Waals surface area contributed by atoms with E-state index in [1.807, 2.05) is 0 Å². The first-order valence-corrected chi connectivity index (χ1v) is 26.8. The van der Waals surface area contributed by atoms with Gasteiger partial charge in [0.1, 0.15) is 31.7 Å². The highest BCUT2D eigenvalue weighted by atomic mass is 32.3. The van der Waals surface area contributed by atoms with Crippen LogP contribution in [0.4, 0.5) is 39.8 Å². The molecule has 6 rings (SSSR count). The van der Waals surface area contributed by atoms with E-state index in [-0.39, 0.29) is 33.4 Å². The Morgan fingerprint density at radius 1 is 0.529 bits per heavy atom. The van der Waals surface area contributed by atoms with E-state index in [1.165, 1.54) is 24.3 Å². The summed E-state index contributed by atoms with van der Waals surface area (Å²) < 4.78 is 200. The quantitative estimate of drug-likeness (QED) is 0.0327. The zero-order valence-corrected chi connectivity index (χ0v) is 38.8. The summed E-state index contributed by atoms with van der Waals surface area (Å²) in [6, 6.07) is 10.9. The van der Waals surface area contributed by atoms with Crippen LogP contribution in [0.15, 0.2) is 134 Å². The maximum atomic E-state index is 12.8. The van der Waals surface area contributed by atoms with Crippen LogP contribution in [0, 0.1) is 0 Å². The summed E-state index contributed by atoms with van der Waals surface area (Å²) in [4.78, 5) is 5.54. The fourth-order valence-corrected chi connectivity index (χ4v) is 10.2. The Bertz CT molecular complexity index is 4040. The molecule has 0 aliphatic carbocycles. The van der Waals surface area contributed by atoms with Crippen molar-refractivity contribution in [1.29, 1.82) is 0 Å². The number of nitrogens with two attached hydrogens (primary N) is 1. The van der Waals surface area contributed by atoms with E-state index in [9.17, 15) is 88.8 Å². The van der Waals surface area contributed by atoms with Gasteiger partial charge in [-0.05, 0) is 83.6 Å². The molecule has 0 spiro atoms. The number of azo groups is 3. The van der Waals surface area contributed by atoms with Gasteiger partial charge in [-0.25, -0.2) is 17.4 Å². The summed E-state index contributed by atoms with van der Waals surface area (Å²) in [7, 11) is -31.5. The SMILES string of the molecule is Nc1ccc(N=Nc2ccc3cc(S(=O)(=O)O)c(N=Nc4cc(S(=O)(=O)O)cc5cc(S(=O)(=O)O)c(N=Nc6ccc(S(=O)(=O)CCOS(=O)(=O)O)cc6S(=O)(=O)O)c(O)c45)c(O)c3c2)cc1C(=O)O. The lowest BCUT2D eigenvalue weighted by molar-refractivity contribution is 0.0697. The second-order valence-corrected chi connectivity index (χ2v) is 22.7. The average Bonchev–Trinajstić information content (AvgIpc) is 3.23. The molecule has 0 unspecified atom stereocenters. The summed E-state index contributed by atoms with van der Waals surface area (Å²) in [5.41, 5.74) is 0.896. The molecule has 0 aliphatic rings. The lowest BCUT2D eigenvalue weighted by Gasteiger charge is -2.12. The van der Waals surface area contributed by atoms with Crippen molar-refractivity contribution in [2.24, 2.45) is 30.7 Å². The minimum atomic E-state index is -5.60. The lowest BCUT2D eigenvalue weighted by atomic mass is 10.1. The first-order valence-electron chi connectivity index (χ1n) is 18.1. The zero-order valence-electron chi connectivity index (χ0n) is 33.9. The smallest absolute Gasteiger partial charge is 0.397 e. The maximum absolute atomic E-state index is 12.8. The Kier molecular flexibility index (Phi) is 14.0.